The van der Waals surface area contributed by atoms with E-state index in [9.17, 15) is 4.79 Å². The van der Waals surface area contributed by atoms with Crippen molar-refractivity contribution in [3.8, 4) is 11.5 Å². The normalized spacial score (nSPS) is 16.2. The van der Waals surface area contributed by atoms with Crippen molar-refractivity contribution in [2.24, 2.45) is 0 Å². The maximum Gasteiger partial charge on any atom is 0.251 e. The molecule has 2 aliphatic heterocycles. The third-order valence-corrected chi connectivity index (χ3v) is 4.40. The Balaban J connectivity index is 1.44. The molecule has 3 heterocycles. The van der Waals surface area contributed by atoms with Gasteiger partial charge in [0.2, 0.25) is 0 Å². The summed E-state index contributed by atoms with van der Waals surface area (Å²) >= 11 is 0. The van der Waals surface area contributed by atoms with Gasteiger partial charge in [0, 0.05) is 18.5 Å². The molecular formula is C17H20N4O3. The molecule has 0 aliphatic carbocycles. The van der Waals surface area contributed by atoms with Crippen LogP contribution in [-0.2, 0) is 19.5 Å². The summed E-state index contributed by atoms with van der Waals surface area (Å²) in [5, 5.41) is 11.4. The van der Waals surface area contributed by atoms with Crippen LogP contribution in [0, 0.1) is 0 Å². The van der Waals surface area contributed by atoms with Gasteiger partial charge in [0.15, 0.2) is 17.3 Å². The molecule has 1 aromatic carbocycles. The van der Waals surface area contributed by atoms with E-state index in [2.05, 4.69) is 20.1 Å². The summed E-state index contributed by atoms with van der Waals surface area (Å²) in [6.45, 7) is 2.35. The second-order valence-corrected chi connectivity index (χ2v) is 6.04. The van der Waals surface area contributed by atoms with Crippen molar-refractivity contribution >= 4 is 5.91 Å². The Kier molecular flexibility index (Phi) is 4.06. The zero-order chi connectivity index (χ0) is 16.4. The second-order valence-electron chi connectivity index (χ2n) is 6.04. The first-order valence-corrected chi connectivity index (χ1v) is 8.40. The number of nitrogens with one attached hydrogen (secondary N) is 1. The zero-order valence-electron chi connectivity index (χ0n) is 13.5. The Morgan fingerprint density at radius 3 is 2.92 bits per heavy atom. The second kappa shape index (κ2) is 6.51. The van der Waals surface area contributed by atoms with E-state index in [1.165, 1.54) is 6.42 Å². The summed E-state index contributed by atoms with van der Waals surface area (Å²) in [7, 11) is 0. The molecule has 126 valence electrons. The maximum absolute atomic E-state index is 12.4. The van der Waals surface area contributed by atoms with Gasteiger partial charge < -0.3 is 19.4 Å². The van der Waals surface area contributed by atoms with Gasteiger partial charge in [-0.25, -0.2) is 0 Å². The zero-order valence-corrected chi connectivity index (χ0v) is 13.5. The molecule has 0 fully saturated rings. The van der Waals surface area contributed by atoms with Crippen LogP contribution >= 0.6 is 0 Å². The molecule has 0 atom stereocenters. The van der Waals surface area contributed by atoms with Crippen LogP contribution in [0.2, 0.25) is 0 Å². The first kappa shape index (κ1) is 15.0. The van der Waals surface area contributed by atoms with E-state index >= 15 is 0 Å². The molecule has 0 spiro atoms. The molecule has 7 heteroatoms. The maximum atomic E-state index is 12.4. The summed E-state index contributed by atoms with van der Waals surface area (Å²) in [6, 6.07) is 5.23. The minimum atomic E-state index is -0.155. The molecule has 1 amide bonds. The van der Waals surface area contributed by atoms with Crippen LogP contribution in [0.4, 0.5) is 0 Å². The fourth-order valence-electron chi connectivity index (χ4n) is 3.12. The van der Waals surface area contributed by atoms with Gasteiger partial charge in [-0.3, -0.25) is 4.79 Å². The lowest BCUT2D eigenvalue weighted by molar-refractivity contribution is 0.0948. The van der Waals surface area contributed by atoms with Crippen molar-refractivity contribution in [3.63, 3.8) is 0 Å². The topological polar surface area (TPSA) is 78.3 Å². The molecule has 1 aromatic heterocycles. The number of carbonyl (C=O) groups is 1. The number of amides is 1. The van der Waals surface area contributed by atoms with E-state index in [0.717, 1.165) is 37.5 Å². The molecule has 2 aliphatic rings. The van der Waals surface area contributed by atoms with Crippen molar-refractivity contribution in [2.45, 2.75) is 38.8 Å². The molecule has 0 saturated carbocycles. The number of ether oxygens (including phenoxy) is 2. The highest BCUT2D eigenvalue weighted by molar-refractivity contribution is 5.94. The first-order valence-electron chi connectivity index (χ1n) is 8.40. The van der Waals surface area contributed by atoms with Crippen molar-refractivity contribution in [1.82, 2.24) is 20.1 Å². The predicted molar refractivity (Wildman–Crippen MR) is 86.2 cm³/mol. The number of carbonyl (C=O) groups excluding carboxylic acids is 1. The minimum Gasteiger partial charge on any atom is -0.486 e. The fourth-order valence-corrected chi connectivity index (χ4v) is 3.12. The molecular weight excluding hydrogens is 308 g/mol. The number of rotatable bonds is 3. The summed E-state index contributed by atoms with van der Waals surface area (Å²) in [5.41, 5.74) is 0.551. The van der Waals surface area contributed by atoms with Gasteiger partial charge in [-0.05, 0) is 31.0 Å². The SMILES string of the molecule is O=C(NCc1nnc2n1CCCCC2)c1ccc2c(c1)OCCO2. The highest BCUT2D eigenvalue weighted by Gasteiger charge is 2.17. The lowest BCUT2D eigenvalue weighted by Crippen LogP contribution is -2.25. The predicted octanol–water partition coefficient (Wildman–Crippen LogP) is 1.71. The summed E-state index contributed by atoms with van der Waals surface area (Å²) in [6.07, 6.45) is 4.46. The van der Waals surface area contributed by atoms with Crippen LogP contribution in [0.1, 0.15) is 41.3 Å². The number of hydrogen-bond donors (Lipinski definition) is 1. The third kappa shape index (κ3) is 2.93. The van der Waals surface area contributed by atoms with Crippen molar-refractivity contribution in [3.05, 3.63) is 35.4 Å². The standard InChI is InChI=1S/C17H20N4O3/c22-17(12-5-6-13-14(10-12)24-9-8-23-13)18-11-16-20-19-15-4-2-1-3-7-21(15)16/h5-6,10H,1-4,7-9,11H2,(H,18,22). The summed E-state index contributed by atoms with van der Waals surface area (Å²) in [4.78, 5) is 12.4. The van der Waals surface area contributed by atoms with Crippen molar-refractivity contribution in [1.29, 1.82) is 0 Å². The van der Waals surface area contributed by atoms with E-state index in [1.54, 1.807) is 18.2 Å². The average Bonchev–Trinajstić information content (AvgIpc) is 2.85. The van der Waals surface area contributed by atoms with Crippen LogP contribution in [0.5, 0.6) is 11.5 Å². The molecule has 0 bridgehead atoms. The van der Waals surface area contributed by atoms with E-state index in [0.29, 0.717) is 36.8 Å². The molecule has 0 unspecified atom stereocenters. The minimum absolute atomic E-state index is 0.155. The van der Waals surface area contributed by atoms with Crippen LogP contribution in [-0.4, -0.2) is 33.9 Å². The molecule has 7 nitrogen and oxygen atoms in total. The van der Waals surface area contributed by atoms with Crippen molar-refractivity contribution in [2.75, 3.05) is 13.2 Å². The Morgan fingerprint density at radius 2 is 2.00 bits per heavy atom. The van der Waals surface area contributed by atoms with Gasteiger partial charge in [0.05, 0.1) is 6.54 Å². The highest BCUT2D eigenvalue weighted by Crippen LogP contribution is 2.30. The van der Waals surface area contributed by atoms with Gasteiger partial charge >= 0.3 is 0 Å². The first-order chi connectivity index (χ1) is 11.8. The number of aryl methyl sites for hydroxylation is 1. The number of aromatic nitrogens is 3. The van der Waals surface area contributed by atoms with Crippen molar-refractivity contribution < 1.29 is 14.3 Å². The Labute approximate surface area is 140 Å². The fraction of sp³-hybridized carbons (Fsp3) is 0.471. The van der Waals surface area contributed by atoms with Crippen LogP contribution in [0.3, 0.4) is 0 Å². The Bertz CT molecular complexity index is 756. The van der Waals surface area contributed by atoms with Gasteiger partial charge in [-0.15, -0.1) is 10.2 Å². The quantitative estimate of drug-likeness (QED) is 0.928. The van der Waals surface area contributed by atoms with Crippen LogP contribution in [0.25, 0.3) is 0 Å². The summed E-state index contributed by atoms with van der Waals surface area (Å²) in [5.74, 6) is 2.98. The molecule has 4 rings (SSSR count). The average molecular weight is 328 g/mol. The molecule has 2 aromatic rings. The number of benzene rings is 1. The Morgan fingerprint density at radius 1 is 1.12 bits per heavy atom. The van der Waals surface area contributed by atoms with Gasteiger partial charge in [0.25, 0.3) is 5.91 Å². The monoisotopic (exact) mass is 328 g/mol. The molecule has 0 saturated heterocycles. The van der Waals surface area contributed by atoms with Gasteiger partial charge in [-0.2, -0.15) is 0 Å². The van der Waals surface area contributed by atoms with E-state index < -0.39 is 0 Å². The lowest BCUT2D eigenvalue weighted by atomic mass is 10.2. The number of hydrogen-bond acceptors (Lipinski definition) is 5. The highest BCUT2D eigenvalue weighted by atomic mass is 16.6. The summed E-state index contributed by atoms with van der Waals surface area (Å²) < 4.78 is 13.1. The van der Waals surface area contributed by atoms with Crippen LogP contribution < -0.4 is 14.8 Å². The van der Waals surface area contributed by atoms with E-state index in [-0.39, 0.29) is 5.91 Å². The van der Waals surface area contributed by atoms with E-state index in [4.69, 9.17) is 9.47 Å². The van der Waals surface area contributed by atoms with Gasteiger partial charge in [0.1, 0.15) is 19.0 Å². The van der Waals surface area contributed by atoms with E-state index in [1.807, 2.05) is 0 Å². The van der Waals surface area contributed by atoms with Gasteiger partial charge in [-0.1, -0.05) is 6.42 Å². The molecule has 24 heavy (non-hydrogen) atoms. The lowest BCUT2D eigenvalue weighted by Gasteiger charge is -2.18. The molecule has 1 N–H and O–H groups in total. The Hall–Kier alpha value is -2.57. The molecule has 0 radical (unpaired) electrons. The van der Waals surface area contributed by atoms with Crippen LogP contribution in [0.15, 0.2) is 18.2 Å². The number of nitrogens with zero attached hydrogens (tertiary/aromatic N) is 3. The number of fused-ring (bicyclic) bond motifs is 2. The largest absolute Gasteiger partial charge is 0.486 e. The smallest absolute Gasteiger partial charge is 0.251 e. The third-order valence-electron chi connectivity index (χ3n) is 4.40.